The maximum Gasteiger partial charge on any atom is 0.315 e. The van der Waals surface area contributed by atoms with Gasteiger partial charge in [0.1, 0.15) is 0 Å². The zero-order chi connectivity index (χ0) is 16.8. The average molecular weight is 351 g/mol. The van der Waals surface area contributed by atoms with Crippen LogP contribution in [0.3, 0.4) is 0 Å². The van der Waals surface area contributed by atoms with Gasteiger partial charge in [-0.15, -0.1) is 0 Å². The summed E-state index contributed by atoms with van der Waals surface area (Å²) in [6.45, 7) is 2.34. The third-order valence-electron chi connectivity index (χ3n) is 5.18. The summed E-state index contributed by atoms with van der Waals surface area (Å²) in [6, 6.07) is 4.71. The quantitative estimate of drug-likeness (QED) is 0.856. The van der Waals surface area contributed by atoms with Gasteiger partial charge in [-0.1, -0.05) is 30.9 Å². The molecule has 2 fully saturated rings. The Labute approximate surface area is 149 Å². The van der Waals surface area contributed by atoms with E-state index in [2.05, 4.69) is 20.5 Å². The highest BCUT2D eigenvalue weighted by Gasteiger charge is 2.31. The molecular weight excluding hydrogens is 324 g/mol. The predicted molar refractivity (Wildman–Crippen MR) is 96.1 cm³/mol. The molecular formula is C18H27ClN4O. The van der Waals surface area contributed by atoms with Gasteiger partial charge in [-0.05, 0) is 44.4 Å². The highest BCUT2D eigenvalue weighted by atomic mass is 35.5. The van der Waals surface area contributed by atoms with Crippen molar-refractivity contribution in [3.05, 3.63) is 29.0 Å². The van der Waals surface area contributed by atoms with Crippen LogP contribution in [0.2, 0.25) is 5.02 Å². The molecule has 3 rings (SSSR count). The molecule has 5 nitrogen and oxygen atoms in total. The number of amides is 2. The van der Waals surface area contributed by atoms with Crippen molar-refractivity contribution in [3.63, 3.8) is 0 Å². The lowest BCUT2D eigenvalue weighted by Gasteiger charge is -2.35. The molecule has 2 aliphatic rings. The Morgan fingerprint density at radius 2 is 2.00 bits per heavy atom. The molecule has 1 unspecified atom stereocenters. The molecule has 2 heterocycles. The minimum absolute atomic E-state index is 0.123. The molecule has 2 N–H and O–H groups in total. The van der Waals surface area contributed by atoms with Crippen LogP contribution in [-0.2, 0) is 6.54 Å². The average Bonchev–Trinajstić information content (AvgIpc) is 3.09. The van der Waals surface area contributed by atoms with Gasteiger partial charge < -0.3 is 10.6 Å². The molecule has 1 aromatic rings. The van der Waals surface area contributed by atoms with Crippen LogP contribution in [0, 0.1) is 0 Å². The molecule has 1 saturated heterocycles. The van der Waals surface area contributed by atoms with Crippen LogP contribution in [0.25, 0.3) is 0 Å². The highest BCUT2D eigenvalue weighted by Crippen LogP contribution is 2.28. The van der Waals surface area contributed by atoms with Crippen LogP contribution in [0.1, 0.15) is 50.6 Å². The summed E-state index contributed by atoms with van der Waals surface area (Å²) in [5, 5.41) is 6.50. The number of nitrogens with zero attached hydrogens (tertiary/aromatic N) is 2. The fourth-order valence-electron chi connectivity index (χ4n) is 3.93. The highest BCUT2D eigenvalue weighted by molar-refractivity contribution is 6.30. The first kappa shape index (κ1) is 17.5. The molecule has 6 heteroatoms. The number of likely N-dealkylation sites (tertiary alicyclic amines) is 1. The number of aromatic nitrogens is 1. The fourth-order valence-corrected chi connectivity index (χ4v) is 4.04. The SMILES string of the molecule is O=C(NCc1ccc(Cl)cn1)NCC1CCCN1C1CCCCC1. The van der Waals surface area contributed by atoms with Crippen molar-refractivity contribution in [3.8, 4) is 0 Å². The summed E-state index contributed by atoms with van der Waals surface area (Å²) in [5.74, 6) is 0. The maximum absolute atomic E-state index is 12.0. The van der Waals surface area contributed by atoms with Gasteiger partial charge >= 0.3 is 6.03 Å². The molecule has 24 heavy (non-hydrogen) atoms. The number of carbonyl (C=O) groups is 1. The monoisotopic (exact) mass is 350 g/mol. The van der Waals surface area contributed by atoms with Gasteiger partial charge in [-0.3, -0.25) is 9.88 Å². The van der Waals surface area contributed by atoms with E-state index in [-0.39, 0.29) is 6.03 Å². The topological polar surface area (TPSA) is 57.3 Å². The number of nitrogens with one attached hydrogen (secondary N) is 2. The van der Waals surface area contributed by atoms with Crippen LogP contribution >= 0.6 is 11.6 Å². The van der Waals surface area contributed by atoms with E-state index in [1.807, 2.05) is 6.07 Å². The fraction of sp³-hybridized carbons (Fsp3) is 0.667. The van der Waals surface area contributed by atoms with Gasteiger partial charge in [0.2, 0.25) is 0 Å². The minimum atomic E-state index is -0.123. The zero-order valence-corrected chi connectivity index (χ0v) is 14.9. The Kier molecular flexibility index (Phi) is 6.32. The Balaban J connectivity index is 1.40. The van der Waals surface area contributed by atoms with Gasteiger partial charge in [-0.2, -0.15) is 0 Å². The first-order chi connectivity index (χ1) is 11.7. The number of rotatable bonds is 5. The van der Waals surface area contributed by atoms with Crippen LogP contribution in [0.5, 0.6) is 0 Å². The smallest absolute Gasteiger partial charge is 0.315 e. The van der Waals surface area contributed by atoms with Gasteiger partial charge in [0.25, 0.3) is 0 Å². The van der Waals surface area contributed by atoms with E-state index < -0.39 is 0 Å². The van der Waals surface area contributed by atoms with Crippen molar-refractivity contribution in [1.82, 2.24) is 20.5 Å². The van der Waals surface area contributed by atoms with Crippen LogP contribution in [0.4, 0.5) is 4.79 Å². The molecule has 0 spiro atoms. The minimum Gasteiger partial charge on any atom is -0.337 e. The number of carbonyl (C=O) groups excluding carboxylic acids is 1. The summed E-state index contributed by atoms with van der Waals surface area (Å²) in [6.07, 6.45) is 10.8. The first-order valence-corrected chi connectivity index (χ1v) is 9.48. The van der Waals surface area contributed by atoms with E-state index in [0.29, 0.717) is 17.6 Å². The van der Waals surface area contributed by atoms with E-state index in [1.54, 1.807) is 12.3 Å². The molecule has 1 aliphatic carbocycles. The van der Waals surface area contributed by atoms with Crippen molar-refractivity contribution in [1.29, 1.82) is 0 Å². The molecule has 1 saturated carbocycles. The largest absolute Gasteiger partial charge is 0.337 e. The van der Waals surface area contributed by atoms with E-state index in [9.17, 15) is 4.79 Å². The second-order valence-electron chi connectivity index (χ2n) is 6.86. The number of hydrogen-bond donors (Lipinski definition) is 2. The van der Waals surface area contributed by atoms with Crippen molar-refractivity contribution in [2.24, 2.45) is 0 Å². The third-order valence-corrected chi connectivity index (χ3v) is 5.41. The van der Waals surface area contributed by atoms with E-state index in [0.717, 1.165) is 18.3 Å². The Morgan fingerprint density at radius 1 is 1.17 bits per heavy atom. The zero-order valence-electron chi connectivity index (χ0n) is 14.1. The van der Waals surface area contributed by atoms with Crippen molar-refractivity contribution >= 4 is 17.6 Å². The molecule has 1 aromatic heterocycles. The van der Waals surface area contributed by atoms with Gasteiger partial charge in [0.05, 0.1) is 17.3 Å². The summed E-state index contributed by atoms with van der Waals surface area (Å²) in [5.41, 5.74) is 0.805. The Hall–Kier alpha value is -1.33. The first-order valence-electron chi connectivity index (χ1n) is 9.10. The summed E-state index contributed by atoms with van der Waals surface area (Å²) in [4.78, 5) is 18.8. The number of halogens is 1. The number of pyridine rings is 1. The number of hydrogen-bond acceptors (Lipinski definition) is 3. The summed E-state index contributed by atoms with van der Waals surface area (Å²) < 4.78 is 0. The van der Waals surface area contributed by atoms with Crippen molar-refractivity contribution < 1.29 is 4.79 Å². The second kappa shape index (κ2) is 8.67. The lowest BCUT2D eigenvalue weighted by Crippen LogP contribution is -2.47. The normalized spacial score (nSPS) is 22.5. The van der Waals surface area contributed by atoms with Gasteiger partial charge in [0.15, 0.2) is 0 Å². The molecule has 1 atom stereocenters. The van der Waals surface area contributed by atoms with E-state index >= 15 is 0 Å². The molecule has 0 bridgehead atoms. The lowest BCUT2D eigenvalue weighted by molar-refractivity contribution is 0.140. The lowest BCUT2D eigenvalue weighted by atomic mass is 9.94. The van der Waals surface area contributed by atoms with E-state index in [4.69, 9.17) is 11.6 Å². The Morgan fingerprint density at radius 3 is 2.75 bits per heavy atom. The van der Waals surface area contributed by atoms with Crippen molar-refractivity contribution in [2.45, 2.75) is 63.6 Å². The molecule has 132 valence electrons. The second-order valence-corrected chi connectivity index (χ2v) is 7.29. The van der Waals surface area contributed by atoms with Gasteiger partial charge in [-0.25, -0.2) is 4.79 Å². The summed E-state index contributed by atoms with van der Waals surface area (Å²) in [7, 11) is 0. The maximum atomic E-state index is 12.0. The molecule has 0 radical (unpaired) electrons. The van der Waals surface area contributed by atoms with Crippen LogP contribution in [0.15, 0.2) is 18.3 Å². The summed E-state index contributed by atoms with van der Waals surface area (Å²) >= 11 is 5.81. The van der Waals surface area contributed by atoms with Crippen molar-refractivity contribution in [2.75, 3.05) is 13.1 Å². The molecule has 0 aromatic carbocycles. The molecule has 2 amide bonds. The predicted octanol–water partition coefficient (Wildman–Crippen LogP) is 3.33. The molecule has 1 aliphatic heterocycles. The van der Waals surface area contributed by atoms with Gasteiger partial charge in [0, 0.05) is 24.8 Å². The third kappa shape index (κ3) is 4.84. The standard InChI is InChI=1S/C18H27ClN4O/c19-14-8-9-15(20-11-14)12-21-18(24)22-13-17-7-4-10-23(17)16-5-2-1-3-6-16/h8-9,11,16-17H,1-7,10,12-13H2,(H2,21,22,24). The van der Waals surface area contributed by atoms with Crippen LogP contribution < -0.4 is 10.6 Å². The Bertz CT molecular complexity index is 530. The number of urea groups is 1. The van der Waals surface area contributed by atoms with Crippen LogP contribution in [-0.4, -0.2) is 41.1 Å². The van der Waals surface area contributed by atoms with E-state index in [1.165, 1.54) is 51.5 Å².